The van der Waals surface area contributed by atoms with E-state index in [1.54, 1.807) is 6.92 Å². The van der Waals surface area contributed by atoms with Crippen LogP contribution in [0.3, 0.4) is 0 Å². The molecule has 64 valence electrons. The third-order valence-electron chi connectivity index (χ3n) is 1.67. The van der Waals surface area contributed by atoms with Gasteiger partial charge >= 0.3 is 0 Å². The summed E-state index contributed by atoms with van der Waals surface area (Å²) >= 11 is 0. The van der Waals surface area contributed by atoms with Gasteiger partial charge in [-0.1, -0.05) is 26.3 Å². The molecule has 1 unspecified atom stereocenters. The predicted octanol–water partition coefficient (Wildman–Crippen LogP) is 1.85. The van der Waals surface area contributed by atoms with Crippen LogP contribution in [-0.2, 0) is 4.79 Å². The number of rotatable bonds is 4. The van der Waals surface area contributed by atoms with E-state index >= 15 is 0 Å². The molecule has 0 aromatic heterocycles. The van der Waals surface area contributed by atoms with E-state index in [4.69, 9.17) is 5.73 Å². The quantitative estimate of drug-likeness (QED) is 0.618. The fraction of sp³-hybridized carbons (Fsp3) is 0.667. The average molecular weight is 155 g/mol. The van der Waals surface area contributed by atoms with Crippen molar-refractivity contribution in [3.05, 3.63) is 11.6 Å². The highest BCUT2D eigenvalue weighted by molar-refractivity contribution is 5.91. The number of hydrogen-bond acceptors (Lipinski definition) is 1. The van der Waals surface area contributed by atoms with Crippen LogP contribution in [0.15, 0.2) is 11.6 Å². The molecular weight excluding hydrogens is 138 g/mol. The van der Waals surface area contributed by atoms with Crippen LogP contribution >= 0.6 is 0 Å². The Morgan fingerprint density at radius 2 is 2.18 bits per heavy atom. The number of carbonyl (C=O) groups excluding carboxylic acids is 1. The Bertz CT molecular complexity index is 161. The molecule has 0 aromatic rings. The molecule has 1 atom stereocenters. The van der Waals surface area contributed by atoms with Gasteiger partial charge in [0.05, 0.1) is 0 Å². The number of hydrogen-bond donors (Lipinski definition) is 1. The first-order valence-electron chi connectivity index (χ1n) is 4.06. The molecule has 0 aliphatic rings. The van der Waals surface area contributed by atoms with E-state index in [0.29, 0.717) is 11.5 Å². The Balaban J connectivity index is 3.96. The van der Waals surface area contributed by atoms with Gasteiger partial charge < -0.3 is 5.73 Å². The zero-order valence-corrected chi connectivity index (χ0v) is 7.55. The largest absolute Gasteiger partial charge is 0.366 e. The van der Waals surface area contributed by atoms with Crippen molar-refractivity contribution in [3.63, 3.8) is 0 Å². The van der Waals surface area contributed by atoms with Crippen LogP contribution in [0.5, 0.6) is 0 Å². The molecule has 2 heteroatoms. The highest BCUT2D eigenvalue weighted by Gasteiger charge is 2.00. The van der Waals surface area contributed by atoms with E-state index in [0.717, 1.165) is 12.8 Å². The van der Waals surface area contributed by atoms with Crippen molar-refractivity contribution < 1.29 is 4.79 Å². The van der Waals surface area contributed by atoms with Crippen LogP contribution in [0, 0.1) is 5.92 Å². The molecule has 1 amide bonds. The number of primary amides is 1. The summed E-state index contributed by atoms with van der Waals surface area (Å²) in [5, 5.41) is 0. The monoisotopic (exact) mass is 155 g/mol. The molecule has 0 radical (unpaired) electrons. The Morgan fingerprint density at radius 3 is 2.55 bits per heavy atom. The first-order valence-corrected chi connectivity index (χ1v) is 4.06. The van der Waals surface area contributed by atoms with Gasteiger partial charge in [0, 0.05) is 5.57 Å². The van der Waals surface area contributed by atoms with Crippen molar-refractivity contribution in [2.45, 2.75) is 33.6 Å². The molecule has 0 saturated carbocycles. The van der Waals surface area contributed by atoms with Gasteiger partial charge in [-0.3, -0.25) is 4.79 Å². The van der Waals surface area contributed by atoms with Crippen LogP contribution in [0.25, 0.3) is 0 Å². The van der Waals surface area contributed by atoms with Gasteiger partial charge in [0.2, 0.25) is 5.91 Å². The summed E-state index contributed by atoms with van der Waals surface area (Å²) in [7, 11) is 0. The van der Waals surface area contributed by atoms with E-state index in [1.807, 2.05) is 6.08 Å². The maximum absolute atomic E-state index is 10.6. The molecule has 2 nitrogen and oxygen atoms in total. The third kappa shape index (κ3) is 4.59. The molecule has 0 aromatic carbocycles. The molecule has 0 spiro atoms. The lowest BCUT2D eigenvalue weighted by atomic mass is 10.0. The first-order chi connectivity index (χ1) is 5.07. The fourth-order valence-electron chi connectivity index (χ4n) is 1.05. The maximum Gasteiger partial charge on any atom is 0.244 e. The van der Waals surface area contributed by atoms with Gasteiger partial charge in [-0.2, -0.15) is 0 Å². The zero-order chi connectivity index (χ0) is 8.85. The lowest BCUT2D eigenvalue weighted by molar-refractivity contribution is -0.114. The average Bonchev–Trinajstić information content (AvgIpc) is 1.87. The van der Waals surface area contributed by atoms with Crippen molar-refractivity contribution in [1.29, 1.82) is 0 Å². The smallest absolute Gasteiger partial charge is 0.244 e. The molecule has 0 heterocycles. The summed E-state index contributed by atoms with van der Waals surface area (Å²) in [5.74, 6) is 0.153. The second-order valence-electron chi connectivity index (χ2n) is 2.98. The van der Waals surface area contributed by atoms with Crippen molar-refractivity contribution in [2.75, 3.05) is 0 Å². The lowest BCUT2D eigenvalue weighted by Gasteiger charge is -2.03. The van der Waals surface area contributed by atoms with E-state index in [1.165, 1.54) is 0 Å². The number of carbonyl (C=O) groups is 1. The van der Waals surface area contributed by atoms with Crippen molar-refractivity contribution >= 4 is 5.91 Å². The van der Waals surface area contributed by atoms with Gasteiger partial charge in [-0.25, -0.2) is 0 Å². The summed E-state index contributed by atoms with van der Waals surface area (Å²) in [6.45, 7) is 5.98. The van der Waals surface area contributed by atoms with Crippen LogP contribution < -0.4 is 5.73 Å². The van der Waals surface area contributed by atoms with E-state index in [-0.39, 0.29) is 5.91 Å². The molecule has 0 aliphatic heterocycles. The number of nitrogens with two attached hydrogens (primary N) is 1. The van der Waals surface area contributed by atoms with Crippen molar-refractivity contribution in [3.8, 4) is 0 Å². The molecule has 11 heavy (non-hydrogen) atoms. The van der Waals surface area contributed by atoms with Crippen LogP contribution in [0.2, 0.25) is 0 Å². The van der Waals surface area contributed by atoms with Crippen LogP contribution in [0.1, 0.15) is 33.6 Å². The van der Waals surface area contributed by atoms with E-state index in [2.05, 4.69) is 13.8 Å². The minimum absolute atomic E-state index is 0.312. The van der Waals surface area contributed by atoms with Gasteiger partial charge in [0.15, 0.2) is 0 Å². The number of allylic oxidation sites excluding steroid dienone is 1. The normalized spacial score (nSPS) is 14.6. The Hall–Kier alpha value is -0.790. The topological polar surface area (TPSA) is 43.1 Å². The Morgan fingerprint density at radius 1 is 1.64 bits per heavy atom. The highest BCUT2D eigenvalue weighted by Crippen LogP contribution is 2.08. The third-order valence-corrected chi connectivity index (χ3v) is 1.67. The second kappa shape index (κ2) is 4.94. The molecule has 2 N–H and O–H groups in total. The SMILES string of the molecule is CCCC(C)C=C(C)C(N)=O. The second-order valence-corrected chi connectivity index (χ2v) is 2.98. The minimum atomic E-state index is -0.312. The standard InChI is InChI=1S/C9H17NO/c1-4-5-7(2)6-8(3)9(10)11/h6-7H,4-5H2,1-3H3,(H2,10,11). The summed E-state index contributed by atoms with van der Waals surface area (Å²) in [6, 6.07) is 0. The summed E-state index contributed by atoms with van der Waals surface area (Å²) < 4.78 is 0. The van der Waals surface area contributed by atoms with Gasteiger partial charge in [0.25, 0.3) is 0 Å². The van der Waals surface area contributed by atoms with Crippen LogP contribution in [0.4, 0.5) is 0 Å². The Labute approximate surface area is 68.5 Å². The predicted molar refractivity (Wildman–Crippen MR) is 47.0 cm³/mol. The lowest BCUT2D eigenvalue weighted by Crippen LogP contribution is -2.12. The van der Waals surface area contributed by atoms with Gasteiger partial charge in [-0.15, -0.1) is 0 Å². The highest BCUT2D eigenvalue weighted by atomic mass is 16.1. The summed E-state index contributed by atoms with van der Waals surface area (Å²) in [4.78, 5) is 10.6. The van der Waals surface area contributed by atoms with Gasteiger partial charge in [-0.05, 0) is 19.3 Å². The molecular formula is C9H17NO. The van der Waals surface area contributed by atoms with Crippen molar-refractivity contribution in [2.24, 2.45) is 11.7 Å². The van der Waals surface area contributed by atoms with Crippen LogP contribution in [-0.4, -0.2) is 5.91 Å². The molecule has 0 rings (SSSR count). The zero-order valence-electron chi connectivity index (χ0n) is 7.55. The fourth-order valence-corrected chi connectivity index (χ4v) is 1.05. The molecule has 0 saturated heterocycles. The molecule has 0 bridgehead atoms. The Kier molecular flexibility index (Phi) is 4.59. The summed E-state index contributed by atoms with van der Waals surface area (Å²) in [6.07, 6.45) is 4.19. The van der Waals surface area contributed by atoms with Crippen molar-refractivity contribution in [1.82, 2.24) is 0 Å². The van der Waals surface area contributed by atoms with E-state index < -0.39 is 0 Å². The maximum atomic E-state index is 10.6. The van der Waals surface area contributed by atoms with Gasteiger partial charge in [0.1, 0.15) is 0 Å². The molecule has 0 aliphatic carbocycles. The number of amides is 1. The first kappa shape index (κ1) is 10.2. The molecule has 0 fully saturated rings. The summed E-state index contributed by atoms with van der Waals surface area (Å²) in [5.41, 5.74) is 5.75. The van der Waals surface area contributed by atoms with E-state index in [9.17, 15) is 4.79 Å². The minimum Gasteiger partial charge on any atom is -0.366 e.